The van der Waals surface area contributed by atoms with Crippen molar-refractivity contribution in [1.29, 1.82) is 0 Å². The lowest BCUT2D eigenvalue weighted by Gasteiger charge is -2.44. The summed E-state index contributed by atoms with van der Waals surface area (Å²) >= 11 is 1.79. The molecular formula is C25H33N7OS. The lowest BCUT2D eigenvalue weighted by Crippen LogP contribution is -2.55. The largest absolute Gasteiger partial charge is 0.381 e. The highest BCUT2D eigenvalue weighted by molar-refractivity contribution is 7.21. The first-order valence-electron chi connectivity index (χ1n) is 12.4. The number of rotatable bonds is 4. The molecule has 0 bridgehead atoms. The lowest BCUT2D eigenvalue weighted by molar-refractivity contribution is 0.0280. The number of ether oxygens (including phenoxy) is 1. The van der Waals surface area contributed by atoms with E-state index in [-0.39, 0.29) is 0 Å². The molecule has 0 saturated carbocycles. The quantitative estimate of drug-likeness (QED) is 0.466. The van der Waals surface area contributed by atoms with Gasteiger partial charge in [0.1, 0.15) is 16.7 Å². The van der Waals surface area contributed by atoms with Gasteiger partial charge < -0.3 is 14.6 Å². The summed E-state index contributed by atoms with van der Waals surface area (Å²) in [5.74, 6) is 0.355. The molecule has 6 heterocycles. The fourth-order valence-electron chi connectivity index (χ4n) is 5.67. The Hall–Kier alpha value is -2.49. The summed E-state index contributed by atoms with van der Waals surface area (Å²) in [4.78, 5) is 19.6. The van der Waals surface area contributed by atoms with E-state index in [2.05, 4.69) is 64.8 Å². The standard InChI is InChI=1S/C25H33N7OS/c1-15(2)20-21(18-11-16(3)23-26-14-27-32(23)13-18)28-24-22(20)29-25(34-24)31-8-7-30(12-17(31)4)19-5-9-33-10-6-19/h11,13-15,17,19,28H,5-10,12H2,1-4H3. The van der Waals surface area contributed by atoms with Crippen molar-refractivity contribution < 1.29 is 4.74 Å². The number of aromatic amines is 1. The lowest BCUT2D eigenvalue weighted by atomic mass is 9.99. The minimum absolute atomic E-state index is 0.355. The molecular weight excluding hydrogens is 446 g/mol. The molecule has 180 valence electrons. The number of anilines is 1. The zero-order valence-electron chi connectivity index (χ0n) is 20.4. The molecule has 2 saturated heterocycles. The van der Waals surface area contributed by atoms with E-state index in [4.69, 9.17) is 9.72 Å². The van der Waals surface area contributed by atoms with Gasteiger partial charge in [-0.05, 0) is 44.2 Å². The molecule has 2 aliphatic rings. The highest BCUT2D eigenvalue weighted by atomic mass is 32.1. The maximum absolute atomic E-state index is 5.57. The van der Waals surface area contributed by atoms with Crippen molar-refractivity contribution in [2.75, 3.05) is 37.7 Å². The van der Waals surface area contributed by atoms with Crippen LogP contribution >= 0.6 is 11.3 Å². The van der Waals surface area contributed by atoms with Crippen molar-refractivity contribution in [1.82, 2.24) is 29.5 Å². The predicted molar refractivity (Wildman–Crippen MR) is 137 cm³/mol. The van der Waals surface area contributed by atoms with Crippen LogP contribution in [0.15, 0.2) is 18.6 Å². The van der Waals surface area contributed by atoms with Gasteiger partial charge in [-0.1, -0.05) is 25.2 Å². The van der Waals surface area contributed by atoms with E-state index in [9.17, 15) is 0 Å². The maximum atomic E-state index is 5.57. The minimum Gasteiger partial charge on any atom is -0.381 e. The second kappa shape index (κ2) is 8.62. The number of hydrogen-bond donors (Lipinski definition) is 1. The van der Waals surface area contributed by atoms with E-state index in [0.29, 0.717) is 18.0 Å². The summed E-state index contributed by atoms with van der Waals surface area (Å²) in [7, 11) is 0. The number of aryl methyl sites for hydroxylation is 1. The van der Waals surface area contributed by atoms with E-state index in [1.807, 2.05) is 4.52 Å². The predicted octanol–water partition coefficient (Wildman–Crippen LogP) is 4.46. The molecule has 2 fully saturated rings. The number of nitrogens with one attached hydrogen (secondary N) is 1. The van der Waals surface area contributed by atoms with Gasteiger partial charge in [0.05, 0.1) is 5.69 Å². The van der Waals surface area contributed by atoms with Gasteiger partial charge in [-0.25, -0.2) is 14.5 Å². The molecule has 0 radical (unpaired) electrons. The average molecular weight is 480 g/mol. The van der Waals surface area contributed by atoms with E-state index in [1.54, 1.807) is 17.7 Å². The highest BCUT2D eigenvalue weighted by Gasteiger charge is 2.31. The van der Waals surface area contributed by atoms with Gasteiger partial charge in [0, 0.05) is 62.3 Å². The molecule has 34 heavy (non-hydrogen) atoms. The summed E-state index contributed by atoms with van der Waals surface area (Å²) in [6.45, 7) is 14.0. The molecule has 1 N–H and O–H groups in total. The molecule has 4 aromatic rings. The van der Waals surface area contributed by atoms with Gasteiger partial charge in [0.15, 0.2) is 10.8 Å². The van der Waals surface area contributed by atoms with Crippen molar-refractivity contribution in [3.63, 3.8) is 0 Å². The fourth-order valence-corrected chi connectivity index (χ4v) is 6.78. The van der Waals surface area contributed by atoms with Crippen LogP contribution in [0.5, 0.6) is 0 Å². The van der Waals surface area contributed by atoms with Gasteiger partial charge in [-0.3, -0.25) is 4.90 Å². The Kier molecular flexibility index (Phi) is 5.58. The van der Waals surface area contributed by atoms with Crippen LogP contribution in [0.25, 0.3) is 27.3 Å². The topological polar surface area (TPSA) is 74.6 Å². The summed E-state index contributed by atoms with van der Waals surface area (Å²) in [6, 6.07) is 3.32. The normalized spacial score (nSPS) is 20.9. The molecule has 9 heteroatoms. The molecule has 8 nitrogen and oxygen atoms in total. The molecule has 2 aliphatic heterocycles. The van der Waals surface area contributed by atoms with Gasteiger partial charge in [0.2, 0.25) is 0 Å². The third kappa shape index (κ3) is 3.70. The van der Waals surface area contributed by atoms with Crippen molar-refractivity contribution in [3.05, 3.63) is 29.7 Å². The van der Waals surface area contributed by atoms with Crippen molar-refractivity contribution in [3.8, 4) is 11.3 Å². The Bertz CT molecular complexity index is 1320. The van der Waals surface area contributed by atoms with Crippen molar-refractivity contribution >= 4 is 32.5 Å². The summed E-state index contributed by atoms with van der Waals surface area (Å²) in [5.41, 5.74) is 6.69. The zero-order valence-corrected chi connectivity index (χ0v) is 21.2. The summed E-state index contributed by atoms with van der Waals surface area (Å²) in [5, 5.41) is 5.50. The Balaban J connectivity index is 1.31. The number of hydrogen-bond acceptors (Lipinski definition) is 7. The molecule has 0 aliphatic carbocycles. The first kappa shape index (κ1) is 22.0. The molecule has 0 spiro atoms. The second-order valence-electron chi connectivity index (χ2n) is 10.1. The fraction of sp³-hybridized carbons (Fsp3) is 0.560. The average Bonchev–Trinajstić information content (AvgIpc) is 3.53. The van der Waals surface area contributed by atoms with Crippen molar-refractivity contribution in [2.24, 2.45) is 0 Å². The SMILES string of the molecule is Cc1cc(-c2[nH]c3sc(N4CCN(C5CCOCC5)CC4C)nc3c2C(C)C)cn2ncnc12. The van der Waals surface area contributed by atoms with Crippen LogP contribution in [0.1, 0.15) is 50.7 Å². The highest BCUT2D eigenvalue weighted by Crippen LogP contribution is 2.40. The minimum atomic E-state index is 0.355. The molecule has 1 atom stereocenters. The van der Waals surface area contributed by atoms with Crippen LogP contribution in [0.4, 0.5) is 5.13 Å². The number of fused-ring (bicyclic) bond motifs is 2. The van der Waals surface area contributed by atoms with Gasteiger partial charge >= 0.3 is 0 Å². The molecule has 1 unspecified atom stereocenters. The molecule has 0 aromatic carbocycles. The smallest absolute Gasteiger partial charge is 0.188 e. The number of thiazole rings is 1. The van der Waals surface area contributed by atoms with Crippen molar-refractivity contribution in [2.45, 2.75) is 58.5 Å². The molecule has 6 rings (SSSR count). The molecule has 0 amide bonds. The van der Waals surface area contributed by atoms with Crippen LogP contribution in [-0.4, -0.2) is 74.4 Å². The number of pyridine rings is 1. The van der Waals surface area contributed by atoms with E-state index in [1.165, 1.54) is 5.56 Å². The van der Waals surface area contributed by atoms with Crippen LogP contribution in [0, 0.1) is 6.92 Å². The third-order valence-electron chi connectivity index (χ3n) is 7.42. The number of aromatic nitrogens is 5. The van der Waals surface area contributed by atoms with Crippen LogP contribution in [0.3, 0.4) is 0 Å². The summed E-state index contributed by atoms with van der Waals surface area (Å²) < 4.78 is 7.43. The van der Waals surface area contributed by atoms with E-state index >= 15 is 0 Å². The Morgan fingerprint density at radius 3 is 2.79 bits per heavy atom. The number of nitrogens with zero attached hydrogens (tertiary/aromatic N) is 6. The Labute approximate surface area is 203 Å². The number of H-pyrrole nitrogens is 1. The zero-order chi connectivity index (χ0) is 23.4. The van der Waals surface area contributed by atoms with Crippen LogP contribution < -0.4 is 4.90 Å². The number of piperazine rings is 1. The third-order valence-corrected chi connectivity index (χ3v) is 8.42. The van der Waals surface area contributed by atoms with Gasteiger partial charge in [-0.2, -0.15) is 5.10 Å². The maximum Gasteiger partial charge on any atom is 0.188 e. The Morgan fingerprint density at radius 2 is 2.03 bits per heavy atom. The van der Waals surface area contributed by atoms with Crippen LogP contribution in [-0.2, 0) is 4.74 Å². The second-order valence-corrected chi connectivity index (χ2v) is 11.0. The van der Waals surface area contributed by atoms with E-state index < -0.39 is 0 Å². The Morgan fingerprint density at radius 1 is 1.21 bits per heavy atom. The van der Waals surface area contributed by atoms with Crippen LogP contribution in [0.2, 0.25) is 0 Å². The van der Waals surface area contributed by atoms with Gasteiger partial charge in [-0.15, -0.1) is 0 Å². The summed E-state index contributed by atoms with van der Waals surface area (Å²) in [6.07, 6.45) is 6.00. The van der Waals surface area contributed by atoms with E-state index in [0.717, 1.165) is 83.6 Å². The monoisotopic (exact) mass is 479 g/mol. The van der Waals surface area contributed by atoms with Gasteiger partial charge in [0.25, 0.3) is 0 Å². The molecule has 4 aromatic heterocycles. The first-order chi connectivity index (χ1) is 16.5. The first-order valence-corrected chi connectivity index (χ1v) is 13.2.